The average molecular weight is 279 g/mol. The molecule has 0 amide bonds. The molecule has 5 nitrogen and oxygen atoms in total. The van der Waals surface area contributed by atoms with Crippen molar-refractivity contribution in [3.63, 3.8) is 0 Å². The third-order valence-electron chi connectivity index (χ3n) is 2.67. The van der Waals surface area contributed by atoms with Crippen molar-refractivity contribution in [2.75, 3.05) is 5.32 Å². The first-order chi connectivity index (χ1) is 9.47. The zero-order valence-electron chi connectivity index (χ0n) is 10.6. The molecule has 1 N–H and O–H groups in total. The Balaban J connectivity index is 2.22. The molecule has 1 heterocycles. The van der Waals surface area contributed by atoms with E-state index in [1.165, 1.54) is 18.2 Å². The number of halogens is 2. The first-order valence-electron chi connectivity index (χ1n) is 5.77. The first-order valence-corrected chi connectivity index (χ1v) is 5.77. The van der Waals surface area contributed by atoms with E-state index in [0.717, 1.165) is 12.1 Å². The summed E-state index contributed by atoms with van der Waals surface area (Å²) >= 11 is 0. The van der Waals surface area contributed by atoms with Crippen LogP contribution in [-0.2, 0) is 6.54 Å². The standard InChI is InChI=1S/C13H11F2N3O2/c1-8-2-5-12(18(19)20)13(17-8)16-7-9-3-4-10(14)6-11(9)15/h2-6H,7H2,1H3,(H,16,17). The maximum Gasteiger partial charge on any atom is 0.311 e. The van der Waals surface area contributed by atoms with E-state index < -0.39 is 16.6 Å². The van der Waals surface area contributed by atoms with Crippen LogP contribution in [0.4, 0.5) is 20.3 Å². The molecule has 0 atom stereocenters. The zero-order chi connectivity index (χ0) is 14.7. The summed E-state index contributed by atoms with van der Waals surface area (Å²) in [6.07, 6.45) is 0. The second kappa shape index (κ2) is 5.60. The highest BCUT2D eigenvalue weighted by atomic mass is 19.1. The predicted octanol–water partition coefficient (Wildman–Crippen LogP) is 3.19. The lowest BCUT2D eigenvalue weighted by Gasteiger charge is -2.08. The van der Waals surface area contributed by atoms with Gasteiger partial charge in [0.2, 0.25) is 5.82 Å². The summed E-state index contributed by atoms with van der Waals surface area (Å²) in [6.45, 7) is 1.66. The van der Waals surface area contributed by atoms with Crippen LogP contribution in [0.1, 0.15) is 11.3 Å². The van der Waals surface area contributed by atoms with Crippen LogP contribution in [0.5, 0.6) is 0 Å². The lowest BCUT2D eigenvalue weighted by Crippen LogP contribution is -2.07. The third-order valence-corrected chi connectivity index (χ3v) is 2.67. The van der Waals surface area contributed by atoms with E-state index >= 15 is 0 Å². The Morgan fingerprint density at radius 3 is 2.70 bits per heavy atom. The number of benzene rings is 1. The molecule has 1 aromatic carbocycles. The van der Waals surface area contributed by atoms with E-state index in [1.807, 2.05) is 0 Å². The summed E-state index contributed by atoms with van der Waals surface area (Å²) in [7, 11) is 0. The molecule has 0 spiro atoms. The predicted molar refractivity (Wildman–Crippen MR) is 69.3 cm³/mol. The minimum atomic E-state index is -0.715. The largest absolute Gasteiger partial charge is 0.360 e. The monoisotopic (exact) mass is 279 g/mol. The van der Waals surface area contributed by atoms with Crippen molar-refractivity contribution in [2.24, 2.45) is 0 Å². The van der Waals surface area contributed by atoms with Gasteiger partial charge in [-0.2, -0.15) is 0 Å². The smallest absolute Gasteiger partial charge is 0.311 e. The van der Waals surface area contributed by atoms with Gasteiger partial charge in [-0.05, 0) is 19.1 Å². The van der Waals surface area contributed by atoms with Gasteiger partial charge < -0.3 is 5.32 Å². The number of nitrogens with one attached hydrogen (secondary N) is 1. The molecule has 0 unspecified atom stereocenters. The molecule has 0 radical (unpaired) electrons. The van der Waals surface area contributed by atoms with Crippen molar-refractivity contribution >= 4 is 11.5 Å². The fourth-order valence-corrected chi connectivity index (χ4v) is 1.67. The SMILES string of the molecule is Cc1ccc([N+](=O)[O-])c(NCc2ccc(F)cc2F)n1. The van der Waals surface area contributed by atoms with E-state index in [-0.39, 0.29) is 23.6 Å². The Hall–Kier alpha value is -2.57. The Labute approximate surface area is 113 Å². The van der Waals surface area contributed by atoms with Crippen LogP contribution in [0, 0.1) is 28.7 Å². The van der Waals surface area contributed by atoms with Crippen molar-refractivity contribution < 1.29 is 13.7 Å². The van der Waals surface area contributed by atoms with Crippen molar-refractivity contribution in [3.8, 4) is 0 Å². The van der Waals surface area contributed by atoms with Gasteiger partial charge in [-0.1, -0.05) is 6.07 Å². The van der Waals surface area contributed by atoms with Gasteiger partial charge in [-0.25, -0.2) is 13.8 Å². The van der Waals surface area contributed by atoms with Crippen LogP contribution < -0.4 is 5.32 Å². The summed E-state index contributed by atoms with van der Waals surface area (Å²) in [6, 6.07) is 6.00. The van der Waals surface area contributed by atoms with Crippen LogP contribution >= 0.6 is 0 Å². The van der Waals surface area contributed by atoms with Crippen molar-refractivity contribution in [1.82, 2.24) is 4.98 Å². The van der Waals surface area contributed by atoms with E-state index in [1.54, 1.807) is 6.92 Å². The molecule has 2 rings (SSSR count). The van der Waals surface area contributed by atoms with Crippen molar-refractivity contribution in [3.05, 3.63) is 63.3 Å². The van der Waals surface area contributed by atoms with Crippen molar-refractivity contribution in [2.45, 2.75) is 13.5 Å². The maximum absolute atomic E-state index is 13.5. The molecule has 0 fully saturated rings. The number of anilines is 1. The molecule has 20 heavy (non-hydrogen) atoms. The molecule has 0 bridgehead atoms. The number of aromatic nitrogens is 1. The van der Waals surface area contributed by atoms with Gasteiger partial charge in [0, 0.05) is 29.9 Å². The molecular formula is C13H11F2N3O2. The molecule has 7 heteroatoms. The molecule has 0 aliphatic carbocycles. The Kier molecular flexibility index (Phi) is 3.88. The molecule has 0 saturated carbocycles. The van der Waals surface area contributed by atoms with E-state index in [9.17, 15) is 18.9 Å². The van der Waals surface area contributed by atoms with Gasteiger partial charge in [0.05, 0.1) is 4.92 Å². The van der Waals surface area contributed by atoms with Crippen molar-refractivity contribution in [1.29, 1.82) is 0 Å². The number of nitrogens with zero attached hydrogens (tertiary/aromatic N) is 2. The molecule has 0 aliphatic heterocycles. The topological polar surface area (TPSA) is 68.1 Å². The number of hydrogen-bond donors (Lipinski definition) is 1. The van der Waals surface area contributed by atoms with Gasteiger partial charge in [0.25, 0.3) is 0 Å². The summed E-state index contributed by atoms with van der Waals surface area (Å²) < 4.78 is 26.2. The van der Waals surface area contributed by atoms with Crippen LogP contribution in [0.15, 0.2) is 30.3 Å². The number of pyridine rings is 1. The van der Waals surface area contributed by atoms with Gasteiger partial charge in [0.1, 0.15) is 11.6 Å². The lowest BCUT2D eigenvalue weighted by atomic mass is 10.2. The number of hydrogen-bond acceptors (Lipinski definition) is 4. The molecule has 1 aromatic heterocycles. The van der Waals surface area contributed by atoms with E-state index in [0.29, 0.717) is 5.69 Å². The van der Waals surface area contributed by atoms with Crippen LogP contribution in [0.3, 0.4) is 0 Å². The van der Waals surface area contributed by atoms with Crippen LogP contribution in [-0.4, -0.2) is 9.91 Å². The number of rotatable bonds is 4. The maximum atomic E-state index is 13.5. The number of aryl methyl sites for hydroxylation is 1. The molecule has 104 valence electrons. The lowest BCUT2D eigenvalue weighted by molar-refractivity contribution is -0.384. The minimum Gasteiger partial charge on any atom is -0.360 e. The fraction of sp³-hybridized carbons (Fsp3) is 0.154. The molecule has 0 saturated heterocycles. The molecule has 2 aromatic rings. The highest BCUT2D eigenvalue weighted by Crippen LogP contribution is 2.23. The second-order valence-corrected chi connectivity index (χ2v) is 4.17. The van der Waals surface area contributed by atoms with Gasteiger partial charge in [-0.3, -0.25) is 10.1 Å². The number of nitro groups is 1. The fourth-order valence-electron chi connectivity index (χ4n) is 1.67. The third kappa shape index (κ3) is 3.05. The Bertz CT molecular complexity index is 662. The minimum absolute atomic E-state index is 0.0244. The second-order valence-electron chi connectivity index (χ2n) is 4.17. The zero-order valence-corrected chi connectivity index (χ0v) is 10.6. The van der Waals surface area contributed by atoms with E-state index in [2.05, 4.69) is 10.3 Å². The quantitative estimate of drug-likeness (QED) is 0.689. The van der Waals surface area contributed by atoms with Crippen LogP contribution in [0.2, 0.25) is 0 Å². The van der Waals surface area contributed by atoms with E-state index in [4.69, 9.17) is 0 Å². The highest BCUT2D eigenvalue weighted by Gasteiger charge is 2.15. The summed E-state index contributed by atoms with van der Waals surface area (Å²) in [5.41, 5.74) is 0.597. The molecular weight excluding hydrogens is 268 g/mol. The summed E-state index contributed by atoms with van der Waals surface area (Å²) in [5, 5.41) is 13.6. The van der Waals surface area contributed by atoms with Gasteiger partial charge in [-0.15, -0.1) is 0 Å². The van der Waals surface area contributed by atoms with Gasteiger partial charge >= 0.3 is 5.69 Å². The first kappa shape index (κ1) is 13.9. The highest BCUT2D eigenvalue weighted by molar-refractivity contribution is 5.56. The normalized spacial score (nSPS) is 10.3. The Morgan fingerprint density at radius 1 is 1.30 bits per heavy atom. The summed E-state index contributed by atoms with van der Waals surface area (Å²) in [5.74, 6) is -1.34. The molecule has 0 aliphatic rings. The average Bonchev–Trinajstić information content (AvgIpc) is 2.37. The van der Waals surface area contributed by atoms with Gasteiger partial charge in [0.15, 0.2) is 0 Å². The van der Waals surface area contributed by atoms with Crippen LogP contribution in [0.25, 0.3) is 0 Å². The Morgan fingerprint density at radius 2 is 2.05 bits per heavy atom. The summed E-state index contributed by atoms with van der Waals surface area (Å²) in [4.78, 5) is 14.3.